The zero-order valence-electron chi connectivity index (χ0n) is 22.5. The number of esters is 1. The summed E-state index contributed by atoms with van der Waals surface area (Å²) in [5.74, 6) is 0.579. The molecule has 0 fully saturated rings. The van der Waals surface area contributed by atoms with Crippen LogP contribution in [-0.4, -0.2) is 45.0 Å². The van der Waals surface area contributed by atoms with E-state index >= 15 is 0 Å². The number of thiazole rings is 1. The number of anilines is 1. The molecule has 4 rings (SSSR count). The molecule has 1 unspecified atom stereocenters. The monoisotopic (exact) mass is 611 g/mol. The van der Waals surface area contributed by atoms with Crippen LogP contribution < -0.4 is 29.3 Å². The lowest BCUT2D eigenvalue weighted by Crippen LogP contribution is -2.39. The third kappa shape index (κ3) is 5.72. The number of fused-ring (bicyclic) bond motifs is 1. The first-order valence-corrected chi connectivity index (χ1v) is 13.9. The normalized spacial score (nSPS) is 14.9. The van der Waals surface area contributed by atoms with E-state index < -0.39 is 12.0 Å². The van der Waals surface area contributed by atoms with Gasteiger partial charge in [0.05, 0.1) is 40.0 Å². The van der Waals surface area contributed by atoms with E-state index in [0.29, 0.717) is 43.2 Å². The van der Waals surface area contributed by atoms with Crippen LogP contribution in [-0.2, 0) is 9.53 Å². The molecule has 0 saturated heterocycles. The number of aromatic nitrogens is 1. The first-order chi connectivity index (χ1) is 18.7. The zero-order chi connectivity index (χ0) is 28.3. The number of hydrogen-bond donors (Lipinski definition) is 0. The van der Waals surface area contributed by atoms with Gasteiger partial charge in [0.15, 0.2) is 16.3 Å². The third-order valence-corrected chi connectivity index (χ3v) is 7.71. The van der Waals surface area contributed by atoms with E-state index in [4.69, 9.17) is 14.2 Å². The summed E-state index contributed by atoms with van der Waals surface area (Å²) >= 11 is 4.81. The molecule has 2 heterocycles. The van der Waals surface area contributed by atoms with E-state index in [0.717, 1.165) is 16.8 Å². The fraction of sp³-hybridized carbons (Fsp3) is 0.276. The lowest BCUT2D eigenvalue weighted by molar-refractivity contribution is -0.139. The highest BCUT2D eigenvalue weighted by atomic mass is 79.9. The number of nitrogens with zero attached hydrogens (tertiary/aromatic N) is 3. The molecule has 2 aromatic carbocycles. The minimum Gasteiger partial charge on any atom is -0.493 e. The van der Waals surface area contributed by atoms with Crippen molar-refractivity contribution in [3.05, 3.63) is 95.6 Å². The Labute approximate surface area is 239 Å². The number of halogens is 1. The number of rotatable bonds is 9. The molecule has 1 aromatic heterocycles. The van der Waals surface area contributed by atoms with Gasteiger partial charge in [0.25, 0.3) is 5.56 Å². The number of benzene rings is 2. The lowest BCUT2D eigenvalue weighted by atomic mass is 9.95. The molecule has 0 spiro atoms. The molecule has 39 heavy (non-hydrogen) atoms. The molecule has 1 atom stereocenters. The van der Waals surface area contributed by atoms with Gasteiger partial charge in [-0.25, -0.2) is 9.79 Å². The van der Waals surface area contributed by atoms with Crippen LogP contribution in [0.2, 0.25) is 0 Å². The van der Waals surface area contributed by atoms with Crippen molar-refractivity contribution < 1.29 is 19.0 Å². The van der Waals surface area contributed by atoms with Gasteiger partial charge in [0, 0.05) is 19.8 Å². The van der Waals surface area contributed by atoms with Gasteiger partial charge in [-0.15, -0.1) is 0 Å². The second-order valence-electron chi connectivity index (χ2n) is 8.92. The van der Waals surface area contributed by atoms with Crippen LogP contribution in [0, 0.1) is 0 Å². The van der Waals surface area contributed by atoms with E-state index in [1.165, 1.54) is 11.3 Å². The Morgan fingerprint density at radius 1 is 1.26 bits per heavy atom. The van der Waals surface area contributed by atoms with E-state index in [1.807, 2.05) is 49.3 Å². The largest absolute Gasteiger partial charge is 0.493 e. The fourth-order valence-corrected chi connectivity index (χ4v) is 5.94. The van der Waals surface area contributed by atoms with E-state index in [-0.39, 0.29) is 12.2 Å². The summed E-state index contributed by atoms with van der Waals surface area (Å²) in [6, 6.07) is 10.8. The summed E-state index contributed by atoms with van der Waals surface area (Å²) in [5, 5.41) is 0. The number of methoxy groups -OCH3 is 1. The number of carbonyl (C=O) groups is 1. The van der Waals surface area contributed by atoms with Gasteiger partial charge in [0.2, 0.25) is 0 Å². The molecule has 204 valence electrons. The summed E-state index contributed by atoms with van der Waals surface area (Å²) in [6.45, 7) is 7.75. The van der Waals surface area contributed by atoms with Crippen LogP contribution in [0.15, 0.2) is 74.6 Å². The number of hydrogen-bond acceptors (Lipinski definition) is 8. The van der Waals surface area contributed by atoms with Crippen LogP contribution >= 0.6 is 27.3 Å². The van der Waals surface area contributed by atoms with Gasteiger partial charge >= 0.3 is 5.97 Å². The zero-order valence-corrected chi connectivity index (χ0v) is 24.9. The quantitative estimate of drug-likeness (QED) is 0.266. The van der Waals surface area contributed by atoms with Crippen molar-refractivity contribution in [1.29, 1.82) is 0 Å². The van der Waals surface area contributed by atoms with Crippen LogP contribution in [0.1, 0.15) is 31.0 Å². The van der Waals surface area contributed by atoms with Crippen molar-refractivity contribution in [2.24, 2.45) is 4.99 Å². The Morgan fingerprint density at radius 2 is 1.97 bits per heavy atom. The van der Waals surface area contributed by atoms with Crippen molar-refractivity contribution >= 4 is 45.0 Å². The van der Waals surface area contributed by atoms with Crippen LogP contribution in [0.4, 0.5) is 5.69 Å². The SMILES string of the molecule is C=CCOc1c(Br)cc(/C=c2\sc3n(c2=O)C(c2ccc(N(C)C)cc2)C(C(=O)OCC)=C(C)N=3)cc1OC. The molecule has 1 aliphatic heterocycles. The first kappa shape index (κ1) is 28.4. The molecule has 0 bridgehead atoms. The van der Waals surface area contributed by atoms with Crippen molar-refractivity contribution in [2.45, 2.75) is 19.9 Å². The molecule has 0 N–H and O–H groups in total. The third-order valence-electron chi connectivity index (χ3n) is 6.14. The van der Waals surface area contributed by atoms with Crippen molar-refractivity contribution in [2.75, 3.05) is 39.3 Å². The maximum absolute atomic E-state index is 13.9. The Balaban J connectivity index is 1.89. The maximum Gasteiger partial charge on any atom is 0.338 e. The topological polar surface area (TPSA) is 82.4 Å². The van der Waals surface area contributed by atoms with Gasteiger partial charge in [0.1, 0.15) is 6.61 Å². The maximum atomic E-state index is 13.9. The van der Waals surface area contributed by atoms with Crippen LogP contribution in [0.5, 0.6) is 11.5 Å². The number of ether oxygens (including phenoxy) is 3. The molecule has 8 nitrogen and oxygen atoms in total. The highest BCUT2D eigenvalue weighted by Gasteiger charge is 2.33. The highest BCUT2D eigenvalue weighted by molar-refractivity contribution is 9.10. The molecule has 0 amide bonds. The number of allylic oxidation sites excluding steroid dienone is 1. The Morgan fingerprint density at radius 3 is 2.59 bits per heavy atom. The fourth-order valence-electron chi connectivity index (χ4n) is 4.32. The summed E-state index contributed by atoms with van der Waals surface area (Å²) in [7, 11) is 5.47. The first-order valence-electron chi connectivity index (χ1n) is 12.3. The Hall–Kier alpha value is -3.63. The van der Waals surface area contributed by atoms with Crippen molar-refractivity contribution in [3.8, 4) is 11.5 Å². The molecule has 0 saturated carbocycles. The average Bonchev–Trinajstić information content (AvgIpc) is 3.21. The predicted octanol–water partition coefficient (Wildman–Crippen LogP) is 4.20. The molecule has 0 aliphatic carbocycles. The van der Waals surface area contributed by atoms with Gasteiger partial charge < -0.3 is 19.1 Å². The molecule has 0 radical (unpaired) electrons. The van der Waals surface area contributed by atoms with Crippen LogP contribution in [0.25, 0.3) is 6.08 Å². The minimum atomic E-state index is -0.672. The van der Waals surface area contributed by atoms with Crippen LogP contribution in [0.3, 0.4) is 0 Å². The summed E-state index contributed by atoms with van der Waals surface area (Å²) in [5.41, 5.74) is 3.15. The van der Waals surface area contributed by atoms with E-state index in [1.54, 1.807) is 43.7 Å². The van der Waals surface area contributed by atoms with Gasteiger partial charge in [-0.1, -0.05) is 36.1 Å². The van der Waals surface area contributed by atoms with E-state index in [9.17, 15) is 9.59 Å². The Bertz CT molecular complexity index is 1620. The smallest absolute Gasteiger partial charge is 0.338 e. The van der Waals surface area contributed by atoms with Crippen molar-refractivity contribution in [3.63, 3.8) is 0 Å². The minimum absolute atomic E-state index is 0.218. The average molecular weight is 613 g/mol. The summed E-state index contributed by atoms with van der Waals surface area (Å²) in [6.07, 6.45) is 3.43. The second-order valence-corrected chi connectivity index (χ2v) is 10.8. The standard InChI is InChI=1S/C29H30BrN3O5S/c1-7-13-38-26-21(30)14-18(15-22(26)36-6)16-23-27(34)33-25(19-9-11-20(12-10-19)32(4)5)24(28(35)37-8-2)17(3)31-29(33)39-23/h7,9-12,14-16,25H,1,8,13H2,2-6H3/b23-16-. The van der Waals surface area contributed by atoms with Gasteiger partial charge in [-0.2, -0.15) is 0 Å². The van der Waals surface area contributed by atoms with Gasteiger partial charge in [-0.3, -0.25) is 9.36 Å². The van der Waals surface area contributed by atoms with Crippen molar-refractivity contribution in [1.82, 2.24) is 4.57 Å². The second kappa shape index (κ2) is 12.0. The van der Waals surface area contributed by atoms with Gasteiger partial charge in [-0.05, 0) is 71.2 Å². The molecule has 3 aromatic rings. The number of carbonyl (C=O) groups excluding carboxylic acids is 1. The molecular weight excluding hydrogens is 582 g/mol. The summed E-state index contributed by atoms with van der Waals surface area (Å²) < 4.78 is 19.4. The van der Waals surface area contributed by atoms with E-state index in [2.05, 4.69) is 27.5 Å². The Kier molecular flexibility index (Phi) is 8.76. The predicted molar refractivity (Wildman–Crippen MR) is 158 cm³/mol. The lowest BCUT2D eigenvalue weighted by Gasteiger charge is -2.25. The highest BCUT2D eigenvalue weighted by Crippen LogP contribution is 2.37. The summed E-state index contributed by atoms with van der Waals surface area (Å²) in [4.78, 5) is 34.1. The molecular formula is C29H30BrN3O5S. The molecule has 10 heteroatoms. The molecule has 1 aliphatic rings.